The average Bonchev–Trinajstić information content (AvgIpc) is 2.34. The van der Waals surface area contributed by atoms with Gasteiger partial charge in [-0.05, 0) is 38.2 Å². The van der Waals surface area contributed by atoms with Crippen LogP contribution in [0, 0.1) is 0 Å². The Hall–Kier alpha value is -0.0600. The van der Waals surface area contributed by atoms with Crippen molar-refractivity contribution in [2.45, 2.75) is 18.7 Å². The average molecular weight is 378 g/mol. The minimum atomic E-state index is 0.901. The Balaban J connectivity index is 2.92. The monoisotopic (exact) mass is 376 g/mol. The first-order valence-corrected chi connectivity index (χ1v) is 8.24. The summed E-state index contributed by atoms with van der Waals surface area (Å²) in [5.74, 6) is 0. The highest BCUT2D eigenvalue weighted by Crippen LogP contribution is 2.27. The van der Waals surface area contributed by atoms with Crippen LogP contribution in [-0.2, 0) is 5.33 Å². The second-order valence-corrected chi connectivity index (χ2v) is 6.17. The topological polar surface area (TPSA) is 6.48 Å². The molecule has 1 aromatic rings. The van der Waals surface area contributed by atoms with Gasteiger partial charge < -0.3 is 9.80 Å². The lowest BCUT2D eigenvalue weighted by Crippen LogP contribution is -2.32. The van der Waals surface area contributed by atoms with E-state index < -0.39 is 0 Å². The van der Waals surface area contributed by atoms with Crippen molar-refractivity contribution < 1.29 is 0 Å². The molecule has 2 nitrogen and oxygen atoms in total. The molecule has 0 aliphatic heterocycles. The number of alkyl halides is 1. The Morgan fingerprint density at radius 3 is 2.39 bits per heavy atom. The fourth-order valence-corrected chi connectivity index (χ4v) is 2.71. The summed E-state index contributed by atoms with van der Waals surface area (Å²) in [6.07, 6.45) is 1.17. The van der Waals surface area contributed by atoms with Crippen LogP contribution in [0.15, 0.2) is 22.7 Å². The fraction of sp³-hybridized carbons (Fsp3) is 0.571. The predicted molar refractivity (Wildman–Crippen MR) is 87.8 cm³/mol. The molecule has 0 aliphatic rings. The summed E-state index contributed by atoms with van der Waals surface area (Å²) >= 11 is 7.15. The largest absolute Gasteiger partial charge is 0.370 e. The highest BCUT2D eigenvalue weighted by atomic mass is 79.9. The van der Waals surface area contributed by atoms with E-state index in [4.69, 9.17) is 0 Å². The summed E-state index contributed by atoms with van der Waals surface area (Å²) in [6, 6.07) is 6.52. The molecule has 18 heavy (non-hydrogen) atoms. The molecule has 0 N–H and O–H groups in total. The molecule has 0 saturated heterocycles. The summed E-state index contributed by atoms with van der Waals surface area (Å²) in [5, 5.41) is 0.901. The first-order chi connectivity index (χ1) is 8.58. The summed E-state index contributed by atoms with van der Waals surface area (Å²) in [4.78, 5) is 4.70. The van der Waals surface area contributed by atoms with E-state index in [-0.39, 0.29) is 0 Å². The smallest absolute Gasteiger partial charge is 0.0419 e. The van der Waals surface area contributed by atoms with Crippen molar-refractivity contribution in [3.05, 3.63) is 28.2 Å². The maximum absolute atomic E-state index is 3.58. The summed E-state index contributed by atoms with van der Waals surface area (Å²) in [7, 11) is 4.24. The SMILES string of the molecule is CCCN(CCN(C)C)c1cc(Br)ccc1CBr. The maximum atomic E-state index is 3.58. The van der Waals surface area contributed by atoms with E-state index in [9.17, 15) is 0 Å². The van der Waals surface area contributed by atoms with E-state index in [1.54, 1.807) is 0 Å². The zero-order chi connectivity index (χ0) is 13.5. The van der Waals surface area contributed by atoms with Gasteiger partial charge in [-0.1, -0.05) is 44.8 Å². The van der Waals surface area contributed by atoms with Crippen molar-refractivity contribution in [3.63, 3.8) is 0 Å². The quantitative estimate of drug-likeness (QED) is 0.659. The standard InChI is InChI=1S/C14H22Br2N2/c1-4-7-18(9-8-17(2)3)14-10-13(16)6-5-12(14)11-15/h5-6,10H,4,7-9,11H2,1-3H3. The van der Waals surface area contributed by atoms with Gasteiger partial charge in [0.05, 0.1) is 0 Å². The van der Waals surface area contributed by atoms with Crippen molar-refractivity contribution in [2.24, 2.45) is 0 Å². The van der Waals surface area contributed by atoms with Crippen LogP contribution in [0.1, 0.15) is 18.9 Å². The first kappa shape index (κ1) is 16.0. The fourth-order valence-electron chi connectivity index (χ4n) is 1.89. The first-order valence-electron chi connectivity index (χ1n) is 6.32. The summed E-state index contributed by atoms with van der Waals surface area (Å²) in [6.45, 7) is 5.48. The third-order valence-corrected chi connectivity index (χ3v) is 3.94. The van der Waals surface area contributed by atoms with Gasteiger partial charge in [0, 0.05) is 35.1 Å². The van der Waals surface area contributed by atoms with Gasteiger partial charge in [-0.15, -0.1) is 0 Å². The van der Waals surface area contributed by atoms with Crippen LogP contribution < -0.4 is 4.90 Å². The lowest BCUT2D eigenvalue weighted by molar-refractivity contribution is 0.413. The van der Waals surface area contributed by atoms with Crippen LogP contribution in [0.2, 0.25) is 0 Å². The molecule has 0 aromatic heterocycles. The lowest BCUT2D eigenvalue weighted by atomic mass is 10.1. The molecule has 0 spiro atoms. The Labute approximate surface area is 128 Å². The molecule has 0 bridgehead atoms. The van der Waals surface area contributed by atoms with Crippen molar-refractivity contribution >= 4 is 37.5 Å². The molecule has 0 radical (unpaired) electrons. The van der Waals surface area contributed by atoms with Crippen LogP contribution >= 0.6 is 31.9 Å². The van der Waals surface area contributed by atoms with Gasteiger partial charge in [0.2, 0.25) is 0 Å². The van der Waals surface area contributed by atoms with Gasteiger partial charge in [-0.2, -0.15) is 0 Å². The van der Waals surface area contributed by atoms with E-state index in [1.807, 2.05) is 0 Å². The second kappa shape index (κ2) is 8.18. The number of halogens is 2. The number of benzene rings is 1. The Morgan fingerprint density at radius 1 is 1.11 bits per heavy atom. The van der Waals surface area contributed by atoms with Crippen LogP contribution in [0.5, 0.6) is 0 Å². The Bertz CT molecular complexity index is 367. The van der Waals surface area contributed by atoms with Gasteiger partial charge in [0.1, 0.15) is 0 Å². The molecule has 102 valence electrons. The molecule has 1 rings (SSSR count). The van der Waals surface area contributed by atoms with E-state index in [2.05, 4.69) is 80.9 Å². The van der Waals surface area contributed by atoms with Gasteiger partial charge in [-0.3, -0.25) is 0 Å². The normalized spacial score (nSPS) is 11.0. The predicted octanol–water partition coefficient (Wildman–Crippen LogP) is 4.12. The zero-order valence-corrected chi connectivity index (χ0v) is 14.6. The molecular formula is C14H22Br2N2. The van der Waals surface area contributed by atoms with Crippen molar-refractivity contribution in [1.29, 1.82) is 0 Å². The molecular weight excluding hydrogens is 356 g/mol. The van der Waals surface area contributed by atoms with E-state index >= 15 is 0 Å². The van der Waals surface area contributed by atoms with Crippen LogP contribution in [0.3, 0.4) is 0 Å². The molecule has 1 aromatic carbocycles. The number of hydrogen-bond acceptors (Lipinski definition) is 2. The number of anilines is 1. The van der Waals surface area contributed by atoms with Crippen molar-refractivity contribution in [2.75, 3.05) is 38.6 Å². The highest BCUT2D eigenvalue weighted by molar-refractivity contribution is 9.10. The van der Waals surface area contributed by atoms with Crippen molar-refractivity contribution in [1.82, 2.24) is 4.90 Å². The number of hydrogen-bond donors (Lipinski definition) is 0. The van der Waals surface area contributed by atoms with Gasteiger partial charge in [0.25, 0.3) is 0 Å². The Kier molecular flexibility index (Phi) is 7.27. The highest BCUT2D eigenvalue weighted by Gasteiger charge is 2.11. The second-order valence-electron chi connectivity index (χ2n) is 4.70. The van der Waals surface area contributed by atoms with E-state index in [0.29, 0.717) is 0 Å². The van der Waals surface area contributed by atoms with Crippen LogP contribution in [0.4, 0.5) is 5.69 Å². The number of nitrogens with zero attached hydrogens (tertiary/aromatic N) is 2. The van der Waals surface area contributed by atoms with Gasteiger partial charge >= 0.3 is 0 Å². The number of likely N-dealkylation sites (N-methyl/N-ethyl adjacent to an activating group) is 1. The molecule has 0 fully saturated rings. The van der Waals surface area contributed by atoms with Gasteiger partial charge in [-0.25, -0.2) is 0 Å². The molecule has 0 unspecified atom stereocenters. The summed E-state index contributed by atoms with van der Waals surface area (Å²) < 4.78 is 1.15. The minimum Gasteiger partial charge on any atom is -0.370 e. The minimum absolute atomic E-state index is 0.901. The lowest BCUT2D eigenvalue weighted by Gasteiger charge is -2.28. The third-order valence-electron chi connectivity index (χ3n) is 2.84. The van der Waals surface area contributed by atoms with E-state index in [1.165, 1.54) is 17.7 Å². The van der Waals surface area contributed by atoms with Crippen molar-refractivity contribution in [3.8, 4) is 0 Å². The molecule has 0 aliphatic carbocycles. The molecule has 0 saturated carbocycles. The van der Waals surface area contributed by atoms with E-state index in [0.717, 1.165) is 29.4 Å². The van der Waals surface area contributed by atoms with Crippen LogP contribution in [-0.4, -0.2) is 38.6 Å². The zero-order valence-electron chi connectivity index (χ0n) is 11.4. The molecule has 0 amide bonds. The van der Waals surface area contributed by atoms with Crippen LogP contribution in [0.25, 0.3) is 0 Å². The number of rotatable bonds is 7. The molecule has 4 heteroatoms. The Morgan fingerprint density at radius 2 is 1.83 bits per heavy atom. The third kappa shape index (κ3) is 4.90. The molecule has 0 heterocycles. The summed E-state index contributed by atoms with van der Waals surface area (Å²) in [5.41, 5.74) is 2.69. The molecule has 0 atom stereocenters. The maximum Gasteiger partial charge on any atom is 0.0419 e. The van der Waals surface area contributed by atoms with Gasteiger partial charge in [0.15, 0.2) is 0 Å².